The fourth-order valence-electron chi connectivity index (χ4n) is 1.62. The lowest BCUT2D eigenvalue weighted by Gasteiger charge is -2.13. The maximum absolute atomic E-state index is 4.37. The molecule has 0 bridgehead atoms. The maximum atomic E-state index is 4.37. The third-order valence-corrected chi connectivity index (χ3v) is 2.32. The lowest BCUT2D eigenvalue weighted by atomic mass is 10.1. The fraction of sp³-hybridized carbons (Fsp3) is 0.250. The van der Waals surface area contributed by atoms with E-state index in [2.05, 4.69) is 30.1 Å². The molecule has 0 aliphatic carbocycles. The van der Waals surface area contributed by atoms with Crippen LogP contribution in [-0.4, -0.2) is 19.1 Å². The Labute approximate surface area is 84.2 Å². The maximum Gasteiger partial charge on any atom is 0.135 e. The van der Waals surface area contributed by atoms with Gasteiger partial charge in [0.15, 0.2) is 0 Å². The summed E-state index contributed by atoms with van der Waals surface area (Å²) in [5, 5.41) is 2.46. The van der Waals surface area contributed by atoms with Gasteiger partial charge in [0, 0.05) is 25.7 Å². The van der Waals surface area contributed by atoms with Gasteiger partial charge in [-0.1, -0.05) is 17.7 Å². The molecule has 1 aromatic carbocycles. The van der Waals surface area contributed by atoms with E-state index in [1.165, 1.54) is 16.3 Å². The summed E-state index contributed by atoms with van der Waals surface area (Å²) in [6.07, 6.45) is 1.85. The highest BCUT2D eigenvalue weighted by molar-refractivity contribution is 5.92. The first-order valence-corrected chi connectivity index (χ1v) is 4.71. The van der Waals surface area contributed by atoms with Crippen LogP contribution < -0.4 is 4.90 Å². The topological polar surface area (TPSA) is 16.1 Å². The van der Waals surface area contributed by atoms with Crippen LogP contribution in [0.2, 0.25) is 0 Å². The van der Waals surface area contributed by atoms with Gasteiger partial charge in [0.1, 0.15) is 5.82 Å². The summed E-state index contributed by atoms with van der Waals surface area (Å²) in [6.45, 7) is 2.10. The highest BCUT2D eigenvalue weighted by Crippen LogP contribution is 2.23. The minimum atomic E-state index is 1.03. The molecule has 2 rings (SSSR count). The van der Waals surface area contributed by atoms with E-state index in [0.29, 0.717) is 0 Å². The predicted molar refractivity (Wildman–Crippen MR) is 60.8 cm³/mol. The number of hydrogen-bond acceptors (Lipinski definition) is 2. The third kappa shape index (κ3) is 1.43. The van der Waals surface area contributed by atoms with E-state index >= 15 is 0 Å². The monoisotopic (exact) mass is 186 g/mol. The predicted octanol–water partition coefficient (Wildman–Crippen LogP) is 2.61. The summed E-state index contributed by atoms with van der Waals surface area (Å²) >= 11 is 0. The minimum absolute atomic E-state index is 1.03. The first kappa shape index (κ1) is 9.00. The van der Waals surface area contributed by atoms with Crippen LogP contribution in [0.1, 0.15) is 5.56 Å². The van der Waals surface area contributed by atoms with Crippen LogP contribution in [-0.2, 0) is 0 Å². The Morgan fingerprint density at radius 3 is 2.64 bits per heavy atom. The van der Waals surface area contributed by atoms with Crippen molar-refractivity contribution in [2.75, 3.05) is 19.0 Å². The molecule has 0 unspecified atom stereocenters. The van der Waals surface area contributed by atoms with Gasteiger partial charge in [0.05, 0.1) is 0 Å². The second kappa shape index (κ2) is 3.29. The van der Waals surface area contributed by atoms with Crippen molar-refractivity contribution in [1.29, 1.82) is 0 Å². The molecule has 2 aromatic rings. The van der Waals surface area contributed by atoms with E-state index in [1.54, 1.807) is 0 Å². The molecule has 0 saturated carbocycles. The Balaban J connectivity index is 2.77. The third-order valence-electron chi connectivity index (χ3n) is 2.32. The van der Waals surface area contributed by atoms with Crippen molar-refractivity contribution in [2.24, 2.45) is 0 Å². The summed E-state index contributed by atoms with van der Waals surface area (Å²) in [7, 11) is 4.04. The van der Waals surface area contributed by atoms with Crippen LogP contribution in [0.5, 0.6) is 0 Å². The number of hydrogen-bond donors (Lipinski definition) is 0. The fourth-order valence-corrected chi connectivity index (χ4v) is 1.62. The molecule has 1 heterocycles. The van der Waals surface area contributed by atoms with E-state index in [1.807, 2.05) is 31.3 Å². The second-order valence-electron chi connectivity index (χ2n) is 3.75. The molecule has 1 aromatic heterocycles. The zero-order valence-corrected chi connectivity index (χ0v) is 8.78. The van der Waals surface area contributed by atoms with Crippen LogP contribution in [0.15, 0.2) is 30.5 Å². The first-order chi connectivity index (χ1) is 6.68. The van der Waals surface area contributed by atoms with Gasteiger partial charge in [-0.3, -0.25) is 0 Å². The van der Waals surface area contributed by atoms with Crippen molar-refractivity contribution in [3.63, 3.8) is 0 Å². The molecule has 0 radical (unpaired) electrons. The molecule has 0 aliphatic heterocycles. The number of aryl methyl sites for hydroxylation is 1. The van der Waals surface area contributed by atoms with Gasteiger partial charge in [-0.15, -0.1) is 0 Å². The molecule has 2 heteroatoms. The van der Waals surface area contributed by atoms with E-state index in [4.69, 9.17) is 0 Å². The van der Waals surface area contributed by atoms with Gasteiger partial charge in [0.2, 0.25) is 0 Å². The van der Waals surface area contributed by atoms with Crippen LogP contribution in [0.25, 0.3) is 10.8 Å². The van der Waals surface area contributed by atoms with Crippen molar-refractivity contribution in [1.82, 2.24) is 4.98 Å². The van der Waals surface area contributed by atoms with E-state index in [0.717, 1.165) is 5.82 Å². The molecular weight excluding hydrogens is 172 g/mol. The van der Waals surface area contributed by atoms with Gasteiger partial charge >= 0.3 is 0 Å². The summed E-state index contributed by atoms with van der Waals surface area (Å²) in [6, 6.07) is 8.49. The number of aromatic nitrogens is 1. The standard InChI is InChI=1S/C12H14N2/c1-9-4-5-10-6-7-13-12(14(2)3)11(10)8-9/h4-8H,1-3H3. The molecule has 0 atom stereocenters. The van der Waals surface area contributed by atoms with Gasteiger partial charge in [0.25, 0.3) is 0 Å². The Bertz CT molecular complexity index is 461. The highest BCUT2D eigenvalue weighted by atomic mass is 15.1. The lowest BCUT2D eigenvalue weighted by molar-refractivity contribution is 1.08. The lowest BCUT2D eigenvalue weighted by Crippen LogP contribution is -2.10. The highest BCUT2D eigenvalue weighted by Gasteiger charge is 2.03. The number of anilines is 1. The van der Waals surface area contributed by atoms with Crippen LogP contribution in [0, 0.1) is 6.92 Å². The Morgan fingerprint density at radius 1 is 1.14 bits per heavy atom. The molecule has 0 fully saturated rings. The van der Waals surface area contributed by atoms with E-state index < -0.39 is 0 Å². The smallest absolute Gasteiger partial charge is 0.135 e. The van der Waals surface area contributed by atoms with Crippen molar-refractivity contribution in [2.45, 2.75) is 6.92 Å². The molecule has 2 nitrogen and oxygen atoms in total. The number of pyridine rings is 1. The average molecular weight is 186 g/mol. The van der Waals surface area contributed by atoms with Crippen molar-refractivity contribution in [3.05, 3.63) is 36.0 Å². The zero-order valence-electron chi connectivity index (χ0n) is 8.78. The van der Waals surface area contributed by atoms with Gasteiger partial charge in [-0.05, 0) is 24.4 Å². The number of fused-ring (bicyclic) bond motifs is 1. The minimum Gasteiger partial charge on any atom is -0.362 e. The van der Waals surface area contributed by atoms with E-state index in [-0.39, 0.29) is 0 Å². The molecule has 14 heavy (non-hydrogen) atoms. The van der Waals surface area contributed by atoms with Crippen molar-refractivity contribution in [3.8, 4) is 0 Å². The molecule has 0 N–H and O–H groups in total. The molecule has 72 valence electrons. The van der Waals surface area contributed by atoms with Gasteiger partial charge in [-0.2, -0.15) is 0 Å². The number of rotatable bonds is 1. The Morgan fingerprint density at radius 2 is 1.93 bits per heavy atom. The van der Waals surface area contributed by atoms with Gasteiger partial charge < -0.3 is 4.90 Å². The summed E-state index contributed by atoms with van der Waals surface area (Å²) in [5.41, 5.74) is 1.27. The molecule has 0 spiro atoms. The van der Waals surface area contributed by atoms with Gasteiger partial charge in [-0.25, -0.2) is 4.98 Å². The average Bonchev–Trinajstić information content (AvgIpc) is 2.16. The number of nitrogens with zero attached hydrogens (tertiary/aromatic N) is 2. The number of benzene rings is 1. The Kier molecular flexibility index (Phi) is 2.12. The van der Waals surface area contributed by atoms with E-state index in [9.17, 15) is 0 Å². The van der Waals surface area contributed by atoms with Crippen molar-refractivity contribution < 1.29 is 0 Å². The second-order valence-corrected chi connectivity index (χ2v) is 3.75. The van der Waals surface area contributed by atoms with Crippen LogP contribution in [0.4, 0.5) is 5.82 Å². The molecule has 0 aliphatic rings. The molecule has 0 saturated heterocycles. The summed E-state index contributed by atoms with van der Waals surface area (Å²) < 4.78 is 0. The van der Waals surface area contributed by atoms with Crippen LogP contribution >= 0.6 is 0 Å². The quantitative estimate of drug-likeness (QED) is 0.680. The summed E-state index contributed by atoms with van der Waals surface area (Å²) in [5.74, 6) is 1.03. The zero-order chi connectivity index (χ0) is 10.1. The normalized spacial score (nSPS) is 10.5. The summed E-state index contributed by atoms with van der Waals surface area (Å²) in [4.78, 5) is 6.42. The van der Waals surface area contributed by atoms with Crippen LogP contribution in [0.3, 0.4) is 0 Å². The first-order valence-electron chi connectivity index (χ1n) is 4.71. The largest absolute Gasteiger partial charge is 0.362 e. The SMILES string of the molecule is Cc1ccc2ccnc(N(C)C)c2c1. The molecule has 0 amide bonds. The Hall–Kier alpha value is -1.57. The van der Waals surface area contributed by atoms with Crippen molar-refractivity contribution >= 4 is 16.6 Å². The molecular formula is C12H14N2.